The maximum Gasteiger partial charge on any atom is 0.521 e. The Morgan fingerprint density at radius 3 is 1.14 bits per heavy atom. The molecule has 0 unspecified atom stereocenters. The summed E-state index contributed by atoms with van der Waals surface area (Å²) in [5, 5.41) is 33.4. The highest BCUT2D eigenvalue weighted by molar-refractivity contribution is 7.95. The summed E-state index contributed by atoms with van der Waals surface area (Å²) in [6.45, 7) is -2.92. The maximum atomic E-state index is 7.25. The van der Waals surface area contributed by atoms with E-state index in [0.717, 1.165) is 12.7 Å². The van der Waals surface area contributed by atoms with E-state index in [1.165, 1.54) is 15.9 Å². The summed E-state index contributed by atoms with van der Waals surface area (Å²) in [6.07, 6.45) is 1.15. The van der Waals surface area contributed by atoms with Crippen molar-refractivity contribution in [1.82, 2.24) is 4.90 Å². The van der Waals surface area contributed by atoms with Gasteiger partial charge in [0.2, 0.25) is 0 Å². The Hall–Kier alpha value is -2.05. The van der Waals surface area contributed by atoms with Gasteiger partial charge >= 0.3 is 6.96 Å². The molecule has 0 spiro atoms. The number of hydrogen-bond acceptors (Lipinski definition) is 5. The minimum Gasteiger partial charge on any atom is -0.534 e. The molecule has 7 heteroatoms. The third kappa shape index (κ3) is 7.05. The third-order valence-electron chi connectivity index (χ3n) is 4.47. The SMILES string of the molecule is CN(C)CC[P+](c1ccccc1)(c1ccccc1)c1ccccc1.O[B-](O)(O)O. The second-order valence-corrected chi connectivity index (χ2v) is 10.7. The predicted octanol–water partition coefficient (Wildman–Crippen LogP) is 0.933. The fourth-order valence-electron chi connectivity index (χ4n) is 3.23. The van der Waals surface area contributed by atoms with Crippen LogP contribution in [0.5, 0.6) is 0 Å². The predicted molar refractivity (Wildman–Crippen MR) is 123 cm³/mol. The van der Waals surface area contributed by atoms with Crippen molar-refractivity contribution >= 4 is 30.1 Å². The Labute approximate surface area is 173 Å². The van der Waals surface area contributed by atoms with Gasteiger partial charge in [-0.05, 0) is 50.5 Å². The van der Waals surface area contributed by atoms with Crippen molar-refractivity contribution in [3.63, 3.8) is 0 Å². The highest BCUT2D eigenvalue weighted by Gasteiger charge is 2.44. The Morgan fingerprint density at radius 1 is 0.621 bits per heavy atom. The molecule has 0 saturated heterocycles. The molecule has 3 rings (SSSR count). The quantitative estimate of drug-likeness (QED) is 0.357. The highest BCUT2D eigenvalue weighted by atomic mass is 31.2. The molecule has 29 heavy (non-hydrogen) atoms. The van der Waals surface area contributed by atoms with Crippen LogP contribution in [0.15, 0.2) is 91.0 Å². The molecule has 4 N–H and O–H groups in total. The lowest BCUT2D eigenvalue weighted by Crippen LogP contribution is -2.36. The Bertz CT molecular complexity index is 740. The summed E-state index contributed by atoms with van der Waals surface area (Å²) >= 11 is 0. The van der Waals surface area contributed by atoms with Crippen molar-refractivity contribution in [2.75, 3.05) is 26.8 Å². The van der Waals surface area contributed by atoms with Gasteiger partial charge in [0.1, 0.15) is 23.2 Å². The largest absolute Gasteiger partial charge is 0.534 e. The van der Waals surface area contributed by atoms with E-state index in [1.807, 2.05) is 0 Å². The minimum absolute atomic E-state index is 1.08. The molecule has 0 atom stereocenters. The van der Waals surface area contributed by atoms with Crippen LogP contribution in [0.4, 0.5) is 0 Å². The molecule has 5 nitrogen and oxygen atoms in total. The van der Waals surface area contributed by atoms with E-state index < -0.39 is 14.2 Å². The first kappa shape index (κ1) is 23.2. The molecule has 3 aromatic rings. The summed E-state index contributed by atoms with van der Waals surface area (Å²) in [6, 6.07) is 33.2. The van der Waals surface area contributed by atoms with Gasteiger partial charge in [0.15, 0.2) is 0 Å². The number of benzene rings is 3. The van der Waals surface area contributed by atoms with Gasteiger partial charge in [-0.1, -0.05) is 54.6 Å². The summed E-state index contributed by atoms with van der Waals surface area (Å²) in [7, 11) is 2.68. The summed E-state index contributed by atoms with van der Waals surface area (Å²) in [4.78, 5) is 2.30. The molecule has 3 aromatic carbocycles. The van der Waals surface area contributed by atoms with E-state index in [9.17, 15) is 0 Å². The van der Waals surface area contributed by atoms with Crippen LogP contribution in [0.1, 0.15) is 0 Å². The lowest BCUT2D eigenvalue weighted by molar-refractivity contribution is 0.117. The lowest BCUT2D eigenvalue weighted by Gasteiger charge is -2.28. The Balaban J connectivity index is 0.000000537. The number of hydrogen-bond donors (Lipinski definition) is 4. The fraction of sp³-hybridized carbons (Fsp3) is 0.182. The molecule has 0 fully saturated rings. The summed E-state index contributed by atoms with van der Waals surface area (Å²) in [5.41, 5.74) is 0. The van der Waals surface area contributed by atoms with Crippen LogP contribution < -0.4 is 15.9 Å². The zero-order chi connectivity index (χ0) is 21.3. The zero-order valence-electron chi connectivity index (χ0n) is 16.8. The molecule has 0 bridgehead atoms. The van der Waals surface area contributed by atoms with Gasteiger partial charge in [-0.3, -0.25) is 0 Å². The Morgan fingerprint density at radius 2 is 0.897 bits per heavy atom. The average molecular weight is 413 g/mol. The normalized spacial score (nSPS) is 11.7. The second-order valence-electron chi connectivity index (χ2n) is 7.04. The van der Waals surface area contributed by atoms with Crippen LogP contribution >= 0.6 is 7.26 Å². The van der Waals surface area contributed by atoms with Crippen molar-refractivity contribution in [2.45, 2.75) is 0 Å². The standard InChI is InChI=1S/C22H25NP.BH4O4/c1-23(2)18-19-24(20-12-6-3-7-13-20,21-14-8-4-9-15-21)22-16-10-5-11-17-22;2-1(3,4)5/h3-17H,18-19H2,1-2H3;2-5H/q+1;-1. The van der Waals surface area contributed by atoms with Crippen molar-refractivity contribution < 1.29 is 20.1 Å². The summed E-state index contributed by atoms with van der Waals surface area (Å²) < 4.78 is 0. The van der Waals surface area contributed by atoms with Gasteiger partial charge in [-0.25, -0.2) is 0 Å². The lowest BCUT2D eigenvalue weighted by atomic mass is 10.1. The highest BCUT2D eigenvalue weighted by Crippen LogP contribution is 2.54. The van der Waals surface area contributed by atoms with Crippen LogP contribution in [0, 0.1) is 0 Å². The van der Waals surface area contributed by atoms with E-state index in [2.05, 4.69) is 110 Å². The zero-order valence-corrected chi connectivity index (χ0v) is 17.7. The van der Waals surface area contributed by atoms with E-state index >= 15 is 0 Å². The molecule has 0 aromatic heterocycles. The molecule has 154 valence electrons. The molecule has 0 amide bonds. The molecular weight excluding hydrogens is 384 g/mol. The summed E-state index contributed by atoms with van der Waals surface area (Å²) in [5.74, 6) is 0. The van der Waals surface area contributed by atoms with Gasteiger partial charge in [0.05, 0.1) is 6.16 Å². The molecule has 0 heterocycles. The van der Waals surface area contributed by atoms with Gasteiger partial charge in [-0.15, -0.1) is 0 Å². The van der Waals surface area contributed by atoms with Gasteiger partial charge in [-0.2, -0.15) is 0 Å². The van der Waals surface area contributed by atoms with Crippen LogP contribution in [0.3, 0.4) is 0 Å². The van der Waals surface area contributed by atoms with Gasteiger partial charge in [0.25, 0.3) is 0 Å². The number of rotatable bonds is 6. The monoisotopic (exact) mass is 413 g/mol. The van der Waals surface area contributed by atoms with Gasteiger partial charge in [0, 0.05) is 6.54 Å². The first-order valence-corrected chi connectivity index (χ1v) is 11.4. The van der Waals surface area contributed by atoms with E-state index in [0.29, 0.717) is 0 Å². The van der Waals surface area contributed by atoms with Crippen molar-refractivity contribution in [1.29, 1.82) is 0 Å². The first-order chi connectivity index (χ1) is 13.7. The van der Waals surface area contributed by atoms with Crippen molar-refractivity contribution in [2.24, 2.45) is 0 Å². The Kier molecular flexibility index (Phi) is 8.53. The molecule has 0 saturated carbocycles. The van der Waals surface area contributed by atoms with Crippen molar-refractivity contribution in [3.05, 3.63) is 91.0 Å². The molecule has 0 aliphatic heterocycles. The maximum absolute atomic E-state index is 7.25. The molecular formula is C22H29BNO4P. The smallest absolute Gasteiger partial charge is 0.521 e. The van der Waals surface area contributed by atoms with E-state index in [1.54, 1.807) is 0 Å². The van der Waals surface area contributed by atoms with E-state index in [4.69, 9.17) is 20.1 Å². The fourth-order valence-corrected chi connectivity index (χ4v) is 7.64. The molecule has 0 aliphatic carbocycles. The first-order valence-electron chi connectivity index (χ1n) is 9.46. The van der Waals surface area contributed by atoms with Gasteiger partial charge < -0.3 is 25.0 Å². The van der Waals surface area contributed by atoms with Crippen LogP contribution in [0.25, 0.3) is 0 Å². The third-order valence-corrected chi connectivity index (χ3v) is 8.88. The average Bonchev–Trinajstić information content (AvgIpc) is 2.70. The van der Waals surface area contributed by atoms with Crippen LogP contribution in [-0.4, -0.2) is 58.8 Å². The van der Waals surface area contributed by atoms with Crippen LogP contribution in [0.2, 0.25) is 0 Å². The molecule has 0 radical (unpaired) electrons. The minimum atomic E-state index is -4.00. The molecule has 0 aliphatic rings. The number of nitrogens with zero attached hydrogens (tertiary/aromatic N) is 1. The van der Waals surface area contributed by atoms with Crippen molar-refractivity contribution in [3.8, 4) is 0 Å². The second kappa shape index (κ2) is 10.7. The van der Waals surface area contributed by atoms with E-state index in [-0.39, 0.29) is 0 Å². The topological polar surface area (TPSA) is 84.2 Å². The van der Waals surface area contributed by atoms with Crippen LogP contribution in [-0.2, 0) is 0 Å².